The zero-order valence-corrected chi connectivity index (χ0v) is 18.1. The largest absolute Gasteiger partial charge is 0.279 e. The summed E-state index contributed by atoms with van der Waals surface area (Å²) in [6, 6.07) is 23.0. The Kier molecular flexibility index (Phi) is 4.85. The molecule has 150 valence electrons. The number of carbonyl (C=O) groups is 2. The minimum atomic E-state index is -0.651. The quantitative estimate of drug-likeness (QED) is 0.333. The van der Waals surface area contributed by atoms with Gasteiger partial charge in [0.05, 0.1) is 23.6 Å². The van der Waals surface area contributed by atoms with Gasteiger partial charge in [-0.1, -0.05) is 64.5 Å². The van der Waals surface area contributed by atoms with E-state index in [0.717, 1.165) is 31.8 Å². The smallest absolute Gasteiger partial charge is 0.257 e. The Hall–Kier alpha value is -2.67. The van der Waals surface area contributed by atoms with Crippen molar-refractivity contribution in [2.75, 3.05) is 6.54 Å². The molecule has 2 heterocycles. The molecule has 1 fully saturated rings. The van der Waals surface area contributed by atoms with Crippen molar-refractivity contribution in [3.63, 3.8) is 0 Å². The molecule has 0 bridgehead atoms. The molecule has 1 N–H and O–H groups in total. The predicted molar refractivity (Wildman–Crippen MR) is 121 cm³/mol. The lowest BCUT2D eigenvalue weighted by Gasteiger charge is -2.44. The van der Waals surface area contributed by atoms with Crippen LogP contribution in [0, 0.1) is 0 Å². The second-order valence-electron chi connectivity index (χ2n) is 7.20. The van der Waals surface area contributed by atoms with E-state index in [4.69, 9.17) is 11.6 Å². The van der Waals surface area contributed by atoms with Crippen LogP contribution in [0.5, 0.6) is 0 Å². The summed E-state index contributed by atoms with van der Waals surface area (Å²) in [6.07, 6.45) is 0. The molecule has 2 atom stereocenters. The number of halogens is 2. The first-order chi connectivity index (χ1) is 14.6. The highest BCUT2D eigenvalue weighted by atomic mass is 79.9. The fraction of sp³-hybridized carbons (Fsp3) is 0.130. The molecule has 1 amide bonds. The van der Waals surface area contributed by atoms with Crippen LogP contribution in [-0.2, 0) is 4.79 Å². The van der Waals surface area contributed by atoms with Gasteiger partial charge in [-0.05, 0) is 29.8 Å². The number of rotatable bonds is 4. The standard InChI is InChI=1S/C23H17BrClN3O2/c24-15-11-9-14(10-12-15)22-21(25)23(30)28(22)26-13-20(29)27-18-7-3-1-5-16(18)17-6-2-4-8-19(17)27/h1-12,21-22,26H,13H2. The number of fused-ring (bicyclic) bond motifs is 3. The van der Waals surface area contributed by atoms with Gasteiger partial charge in [0.2, 0.25) is 5.91 Å². The van der Waals surface area contributed by atoms with Crippen LogP contribution in [0.1, 0.15) is 16.4 Å². The number of alkyl halides is 1. The van der Waals surface area contributed by atoms with E-state index in [1.807, 2.05) is 72.8 Å². The van der Waals surface area contributed by atoms with Crippen LogP contribution in [0.25, 0.3) is 21.8 Å². The number of nitrogens with one attached hydrogen (secondary N) is 1. The van der Waals surface area contributed by atoms with Crippen molar-refractivity contribution in [3.8, 4) is 0 Å². The second kappa shape index (κ2) is 7.54. The fourth-order valence-electron chi connectivity index (χ4n) is 4.03. The minimum Gasteiger partial charge on any atom is -0.279 e. The average molecular weight is 483 g/mol. The predicted octanol–water partition coefficient (Wildman–Crippen LogP) is 4.89. The van der Waals surface area contributed by atoms with Gasteiger partial charge < -0.3 is 0 Å². The molecule has 30 heavy (non-hydrogen) atoms. The summed E-state index contributed by atoms with van der Waals surface area (Å²) in [4.78, 5) is 25.5. The summed E-state index contributed by atoms with van der Waals surface area (Å²) in [5, 5.41) is 2.85. The molecule has 5 rings (SSSR count). The Labute approximate surface area is 186 Å². The van der Waals surface area contributed by atoms with E-state index in [-0.39, 0.29) is 24.4 Å². The summed E-state index contributed by atoms with van der Waals surface area (Å²) in [5.74, 6) is -0.382. The molecule has 1 aliphatic heterocycles. The van der Waals surface area contributed by atoms with Gasteiger partial charge in [0, 0.05) is 15.2 Å². The number of aromatic nitrogens is 1. The van der Waals surface area contributed by atoms with Crippen molar-refractivity contribution in [1.29, 1.82) is 0 Å². The first-order valence-electron chi connectivity index (χ1n) is 9.54. The molecule has 3 aromatic carbocycles. The highest BCUT2D eigenvalue weighted by Crippen LogP contribution is 2.37. The zero-order valence-electron chi connectivity index (χ0n) is 15.8. The summed E-state index contributed by atoms with van der Waals surface area (Å²) in [6.45, 7) is -0.0228. The van der Waals surface area contributed by atoms with E-state index in [9.17, 15) is 9.59 Å². The van der Waals surface area contributed by atoms with Crippen LogP contribution in [0.4, 0.5) is 0 Å². The topological polar surface area (TPSA) is 54.3 Å². The van der Waals surface area contributed by atoms with Gasteiger partial charge in [0.1, 0.15) is 5.38 Å². The van der Waals surface area contributed by atoms with E-state index in [0.29, 0.717) is 0 Å². The summed E-state index contributed by atoms with van der Waals surface area (Å²) in [7, 11) is 0. The first kappa shape index (κ1) is 19.3. The molecule has 0 saturated carbocycles. The molecule has 0 radical (unpaired) electrons. The fourth-order valence-corrected chi connectivity index (χ4v) is 4.66. The van der Waals surface area contributed by atoms with Crippen molar-refractivity contribution in [1.82, 2.24) is 15.0 Å². The number of amides is 1. The Morgan fingerprint density at radius 3 is 2.10 bits per heavy atom. The highest BCUT2D eigenvalue weighted by molar-refractivity contribution is 9.10. The number of hydrogen-bond acceptors (Lipinski definition) is 3. The van der Waals surface area contributed by atoms with Crippen LogP contribution in [0.15, 0.2) is 77.3 Å². The minimum absolute atomic E-state index is 0.0228. The molecule has 0 aliphatic carbocycles. The van der Waals surface area contributed by atoms with E-state index in [1.165, 1.54) is 5.01 Å². The monoisotopic (exact) mass is 481 g/mol. The third-order valence-electron chi connectivity index (χ3n) is 5.47. The molecule has 5 nitrogen and oxygen atoms in total. The van der Waals surface area contributed by atoms with Crippen molar-refractivity contribution in [2.45, 2.75) is 11.4 Å². The lowest BCUT2D eigenvalue weighted by molar-refractivity contribution is -0.150. The molecule has 1 aromatic heterocycles. The lowest BCUT2D eigenvalue weighted by atomic mass is 9.95. The SMILES string of the molecule is O=C1C(Cl)C(c2ccc(Br)cc2)N1NCC(=O)n1c2ccccc2c2ccccc21. The van der Waals surface area contributed by atoms with E-state index < -0.39 is 5.38 Å². The number of hydrazine groups is 1. The average Bonchev–Trinajstić information content (AvgIpc) is 3.11. The summed E-state index contributed by atoms with van der Waals surface area (Å²) in [5.41, 5.74) is 5.60. The van der Waals surface area contributed by atoms with E-state index in [2.05, 4.69) is 21.4 Å². The van der Waals surface area contributed by atoms with Crippen LogP contribution in [0.2, 0.25) is 0 Å². The first-order valence-corrected chi connectivity index (χ1v) is 10.8. The third-order valence-corrected chi connectivity index (χ3v) is 6.42. The Morgan fingerprint density at radius 1 is 0.933 bits per heavy atom. The maximum atomic E-state index is 13.2. The van der Waals surface area contributed by atoms with E-state index in [1.54, 1.807) is 4.57 Å². The van der Waals surface area contributed by atoms with Crippen molar-refractivity contribution in [3.05, 3.63) is 82.8 Å². The molecule has 1 aliphatic rings. The Balaban J connectivity index is 1.42. The van der Waals surface area contributed by atoms with Crippen molar-refractivity contribution in [2.24, 2.45) is 0 Å². The Morgan fingerprint density at radius 2 is 1.50 bits per heavy atom. The van der Waals surface area contributed by atoms with Gasteiger partial charge >= 0.3 is 0 Å². The number of para-hydroxylation sites is 2. The second-order valence-corrected chi connectivity index (χ2v) is 8.59. The van der Waals surface area contributed by atoms with Crippen molar-refractivity contribution < 1.29 is 9.59 Å². The molecular weight excluding hydrogens is 466 g/mol. The van der Waals surface area contributed by atoms with Gasteiger partial charge in [-0.3, -0.25) is 19.2 Å². The normalized spacial score (nSPS) is 18.7. The maximum Gasteiger partial charge on any atom is 0.257 e. The van der Waals surface area contributed by atoms with Crippen LogP contribution in [0.3, 0.4) is 0 Å². The summed E-state index contributed by atoms with van der Waals surface area (Å²) < 4.78 is 2.65. The van der Waals surface area contributed by atoms with Crippen molar-refractivity contribution >= 4 is 61.2 Å². The number of carbonyl (C=O) groups excluding carboxylic acids is 2. The van der Waals surface area contributed by atoms with Crippen LogP contribution in [-0.4, -0.2) is 33.3 Å². The zero-order chi connectivity index (χ0) is 20.8. The molecular formula is C23H17BrClN3O2. The lowest BCUT2D eigenvalue weighted by Crippen LogP contribution is -2.62. The van der Waals surface area contributed by atoms with Gasteiger partial charge in [-0.25, -0.2) is 5.43 Å². The van der Waals surface area contributed by atoms with Crippen LogP contribution >= 0.6 is 27.5 Å². The van der Waals surface area contributed by atoms with Gasteiger partial charge in [0.15, 0.2) is 0 Å². The number of hydrogen-bond donors (Lipinski definition) is 1. The van der Waals surface area contributed by atoms with E-state index >= 15 is 0 Å². The molecule has 0 spiro atoms. The molecule has 4 aromatic rings. The third kappa shape index (κ3) is 3.03. The van der Waals surface area contributed by atoms with Crippen LogP contribution < -0.4 is 5.43 Å². The number of β-lactam (4-membered cyclic amide) rings is 1. The van der Waals surface area contributed by atoms with Gasteiger partial charge in [-0.2, -0.15) is 0 Å². The maximum absolute atomic E-state index is 13.2. The molecule has 1 saturated heterocycles. The molecule has 7 heteroatoms. The highest BCUT2D eigenvalue weighted by Gasteiger charge is 2.47. The van der Waals surface area contributed by atoms with Gasteiger partial charge in [-0.15, -0.1) is 11.6 Å². The Bertz CT molecular complexity index is 1230. The number of benzene rings is 3. The summed E-state index contributed by atoms with van der Waals surface area (Å²) >= 11 is 9.68. The molecule has 2 unspecified atom stereocenters. The number of nitrogens with zero attached hydrogens (tertiary/aromatic N) is 2. The van der Waals surface area contributed by atoms with Gasteiger partial charge in [0.25, 0.3) is 5.91 Å².